The van der Waals surface area contributed by atoms with Crippen LogP contribution in [0.25, 0.3) is 6.08 Å². The van der Waals surface area contributed by atoms with Crippen LogP contribution in [0.15, 0.2) is 29.2 Å². The van der Waals surface area contributed by atoms with Gasteiger partial charge in [-0.1, -0.05) is 12.1 Å². The number of thioether (sulfide) groups is 1. The monoisotopic (exact) mass is 275 g/mol. The summed E-state index contributed by atoms with van der Waals surface area (Å²) in [6.45, 7) is 0.785. The second-order valence-electron chi connectivity index (χ2n) is 4.68. The van der Waals surface area contributed by atoms with Crippen LogP contribution in [0.5, 0.6) is 5.75 Å². The third-order valence-electron chi connectivity index (χ3n) is 3.00. The van der Waals surface area contributed by atoms with E-state index in [2.05, 4.69) is 5.32 Å². The van der Waals surface area contributed by atoms with E-state index < -0.39 is 0 Å². The summed E-state index contributed by atoms with van der Waals surface area (Å²) in [4.78, 5) is 22.9. The highest BCUT2D eigenvalue weighted by molar-refractivity contribution is 8.18. The number of carbonyl (C=O) groups is 2. The lowest BCUT2D eigenvalue weighted by atomic mass is 10.2. The first-order valence-corrected chi connectivity index (χ1v) is 7.00. The summed E-state index contributed by atoms with van der Waals surface area (Å²) in [6.07, 6.45) is 4.24. The molecule has 3 rings (SSSR count). The number of benzene rings is 1. The number of ether oxygens (including phenoxy) is 1. The lowest BCUT2D eigenvalue weighted by Crippen LogP contribution is -2.17. The van der Waals surface area contributed by atoms with Crippen LogP contribution in [-0.2, 0) is 4.79 Å². The standard InChI is InChI=1S/C14H13NO3S/c16-13-12(19-14(17)15-13)7-9-3-5-11(6-4-9)18-8-10-1-2-10/h3-7,10H,1-2,8H2,(H,15,16,17)/b12-7-. The van der Waals surface area contributed by atoms with E-state index in [0.29, 0.717) is 4.91 Å². The number of nitrogens with one attached hydrogen (secondary N) is 1. The highest BCUT2D eigenvalue weighted by Crippen LogP contribution is 2.30. The van der Waals surface area contributed by atoms with Crippen LogP contribution in [0.2, 0.25) is 0 Å². The summed E-state index contributed by atoms with van der Waals surface area (Å²) in [5.74, 6) is 1.24. The summed E-state index contributed by atoms with van der Waals surface area (Å²) < 4.78 is 5.63. The maximum Gasteiger partial charge on any atom is 0.290 e. The largest absolute Gasteiger partial charge is 0.493 e. The maximum absolute atomic E-state index is 11.4. The van der Waals surface area contributed by atoms with E-state index in [9.17, 15) is 9.59 Å². The molecule has 2 aliphatic rings. The smallest absolute Gasteiger partial charge is 0.290 e. The van der Waals surface area contributed by atoms with Crippen molar-refractivity contribution in [3.63, 3.8) is 0 Å². The van der Waals surface area contributed by atoms with Crippen LogP contribution in [0.3, 0.4) is 0 Å². The van der Waals surface area contributed by atoms with Gasteiger partial charge in [-0.25, -0.2) is 0 Å². The van der Waals surface area contributed by atoms with E-state index in [1.165, 1.54) is 12.8 Å². The molecule has 1 aromatic carbocycles. The number of rotatable bonds is 4. The number of hydrogen-bond acceptors (Lipinski definition) is 4. The molecule has 5 heteroatoms. The predicted molar refractivity (Wildman–Crippen MR) is 73.8 cm³/mol. The van der Waals surface area contributed by atoms with E-state index >= 15 is 0 Å². The Hall–Kier alpha value is -1.75. The molecule has 1 saturated carbocycles. The Morgan fingerprint density at radius 2 is 2.00 bits per heavy atom. The third-order valence-corrected chi connectivity index (χ3v) is 3.81. The van der Waals surface area contributed by atoms with Crippen LogP contribution >= 0.6 is 11.8 Å². The minimum atomic E-state index is -0.330. The highest BCUT2D eigenvalue weighted by Gasteiger charge is 2.25. The van der Waals surface area contributed by atoms with Crippen molar-refractivity contribution in [1.82, 2.24) is 5.32 Å². The van der Waals surface area contributed by atoms with E-state index in [-0.39, 0.29) is 11.1 Å². The molecule has 2 amide bonds. The SMILES string of the molecule is O=C1NC(=O)/C(=C/c2ccc(OCC3CC3)cc2)S1. The van der Waals surface area contributed by atoms with Gasteiger partial charge in [0, 0.05) is 0 Å². The first kappa shape index (κ1) is 12.3. The van der Waals surface area contributed by atoms with Crippen LogP contribution in [0.1, 0.15) is 18.4 Å². The van der Waals surface area contributed by atoms with Crippen molar-refractivity contribution in [2.24, 2.45) is 5.92 Å². The molecule has 98 valence electrons. The number of hydrogen-bond donors (Lipinski definition) is 1. The summed E-state index contributed by atoms with van der Waals surface area (Å²) in [5, 5.41) is 1.91. The van der Waals surface area contributed by atoms with E-state index in [4.69, 9.17) is 4.74 Å². The summed E-state index contributed by atoms with van der Waals surface area (Å²) in [7, 11) is 0. The van der Waals surface area contributed by atoms with Gasteiger partial charge >= 0.3 is 0 Å². The molecule has 0 radical (unpaired) electrons. The van der Waals surface area contributed by atoms with Gasteiger partial charge in [0.2, 0.25) is 0 Å². The molecule has 1 aromatic rings. The Labute approximate surface area is 115 Å². The van der Waals surface area contributed by atoms with Gasteiger partial charge in [0.1, 0.15) is 5.75 Å². The molecule has 0 bridgehead atoms. The van der Waals surface area contributed by atoms with Gasteiger partial charge in [0.05, 0.1) is 11.5 Å². The van der Waals surface area contributed by atoms with Gasteiger partial charge in [-0.3, -0.25) is 14.9 Å². The quantitative estimate of drug-likeness (QED) is 0.858. The van der Waals surface area contributed by atoms with Crippen molar-refractivity contribution in [3.8, 4) is 5.75 Å². The fraction of sp³-hybridized carbons (Fsp3) is 0.286. The summed E-state index contributed by atoms with van der Waals surface area (Å²) in [6, 6.07) is 7.53. The third kappa shape index (κ3) is 3.17. The van der Waals surface area contributed by atoms with Crippen LogP contribution < -0.4 is 10.1 Å². The Kier molecular flexibility index (Phi) is 3.29. The molecule has 2 fully saturated rings. The van der Waals surface area contributed by atoms with Crippen LogP contribution in [-0.4, -0.2) is 17.8 Å². The zero-order chi connectivity index (χ0) is 13.2. The van der Waals surface area contributed by atoms with Gasteiger partial charge in [-0.05, 0) is 54.3 Å². The van der Waals surface area contributed by atoms with Gasteiger partial charge in [0.15, 0.2) is 0 Å². The van der Waals surface area contributed by atoms with Gasteiger partial charge in [-0.2, -0.15) is 0 Å². The minimum absolute atomic E-state index is 0.319. The molecule has 1 heterocycles. The Balaban J connectivity index is 1.66. The van der Waals surface area contributed by atoms with Crippen molar-refractivity contribution in [2.75, 3.05) is 6.61 Å². The van der Waals surface area contributed by atoms with E-state index in [1.807, 2.05) is 24.3 Å². The molecule has 1 N–H and O–H groups in total. The molecule has 1 saturated heterocycles. The van der Waals surface area contributed by atoms with Crippen molar-refractivity contribution in [1.29, 1.82) is 0 Å². The predicted octanol–water partition coefficient (Wildman–Crippen LogP) is 2.80. The average molecular weight is 275 g/mol. The van der Waals surface area contributed by atoms with Gasteiger partial charge in [-0.15, -0.1) is 0 Å². The topological polar surface area (TPSA) is 55.4 Å². The second kappa shape index (κ2) is 5.09. The molecule has 1 aliphatic heterocycles. The molecule has 0 aromatic heterocycles. The molecular weight excluding hydrogens is 262 g/mol. The first-order chi connectivity index (χ1) is 9.20. The highest BCUT2D eigenvalue weighted by atomic mass is 32.2. The van der Waals surface area contributed by atoms with E-state index in [0.717, 1.165) is 35.6 Å². The molecule has 1 aliphatic carbocycles. The lowest BCUT2D eigenvalue weighted by molar-refractivity contribution is -0.115. The van der Waals surface area contributed by atoms with Crippen molar-refractivity contribution in [3.05, 3.63) is 34.7 Å². The number of amides is 2. The second-order valence-corrected chi connectivity index (χ2v) is 5.69. The van der Waals surface area contributed by atoms with E-state index in [1.54, 1.807) is 6.08 Å². The maximum atomic E-state index is 11.4. The van der Waals surface area contributed by atoms with Crippen LogP contribution in [0, 0.1) is 5.92 Å². The molecule has 4 nitrogen and oxygen atoms in total. The fourth-order valence-corrected chi connectivity index (χ4v) is 2.41. The van der Waals surface area contributed by atoms with Gasteiger partial charge in [0.25, 0.3) is 11.1 Å². The first-order valence-electron chi connectivity index (χ1n) is 6.18. The number of imide groups is 1. The molecule has 0 unspecified atom stereocenters. The van der Waals surface area contributed by atoms with Crippen molar-refractivity contribution < 1.29 is 14.3 Å². The molecule has 0 atom stereocenters. The van der Waals surface area contributed by atoms with Crippen molar-refractivity contribution in [2.45, 2.75) is 12.8 Å². The zero-order valence-corrected chi connectivity index (χ0v) is 11.0. The molecule has 0 spiro atoms. The molecular formula is C14H13NO3S. The summed E-state index contributed by atoms with van der Waals surface area (Å²) >= 11 is 0.925. The average Bonchev–Trinajstić information content (AvgIpc) is 3.16. The summed E-state index contributed by atoms with van der Waals surface area (Å²) in [5.41, 5.74) is 0.881. The fourth-order valence-electron chi connectivity index (χ4n) is 1.73. The minimum Gasteiger partial charge on any atom is -0.493 e. The Morgan fingerprint density at radius 3 is 2.58 bits per heavy atom. The van der Waals surface area contributed by atoms with Crippen LogP contribution in [0.4, 0.5) is 4.79 Å². The lowest BCUT2D eigenvalue weighted by Gasteiger charge is -2.05. The molecule has 19 heavy (non-hydrogen) atoms. The van der Waals surface area contributed by atoms with Gasteiger partial charge < -0.3 is 4.74 Å². The zero-order valence-electron chi connectivity index (χ0n) is 10.2. The van der Waals surface area contributed by atoms with Crippen molar-refractivity contribution >= 4 is 29.0 Å². The normalized spacial score (nSPS) is 20.7. The Bertz CT molecular complexity index is 546. The number of carbonyl (C=O) groups excluding carboxylic acids is 2. The Morgan fingerprint density at radius 1 is 1.26 bits per heavy atom.